The molecule has 4 heteroatoms. The Kier molecular flexibility index (Phi) is 4.22. The highest BCUT2D eigenvalue weighted by molar-refractivity contribution is 8.00. The normalized spacial score (nSPS) is 28.8. The minimum atomic E-state index is -0.157. The summed E-state index contributed by atoms with van der Waals surface area (Å²) in [5.41, 5.74) is 0. The molecule has 0 spiro atoms. The van der Waals surface area contributed by atoms with Crippen molar-refractivity contribution in [2.45, 2.75) is 29.9 Å². The number of rotatable bonds is 3. The van der Waals surface area contributed by atoms with E-state index in [0.717, 1.165) is 12.8 Å². The van der Waals surface area contributed by atoms with Crippen LogP contribution in [-0.4, -0.2) is 29.5 Å². The maximum absolute atomic E-state index is 10.8. The number of ether oxygens (including phenoxy) is 1. The van der Waals surface area contributed by atoms with Crippen LogP contribution < -0.4 is 0 Å². The van der Waals surface area contributed by atoms with Gasteiger partial charge in [-0.25, -0.2) is 0 Å². The molecule has 0 aromatic rings. The van der Waals surface area contributed by atoms with E-state index >= 15 is 0 Å². The van der Waals surface area contributed by atoms with Crippen LogP contribution in [0.3, 0.4) is 0 Å². The number of esters is 1. The number of methoxy groups -OCH3 is 1. The van der Waals surface area contributed by atoms with E-state index in [1.54, 1.807) is 11.8 Å². The highest BCUT2D eigenvalue weighted by atomic mass is 35.5. The van der Waals surface area contributed by atoms with Gasteiger partial charge in [-0.3, -0.25) is 4.79 Å². The summed E-state index contributed by atoms with van der Waals surface area (Å²) in [5.74, 6) is 0.278. The van der Waals surface area contributed by atoms with Gasteiger partial charge >= 0.3 is 5.97 Å². The maximum atomic E-state index is 10.8. The number of carbonyl (C=O) groups excluding carboxylic acids is 1. The molecular formula is C8H13ClO2S. The van der Waals surface area contributed by atoms with Gasteiger partial charge in [-0.2, -0.15) is 0 Å². The van der Waals surface area contributed by atoms with Gasteiger partial charge in [0.25, 0.3) is 0 Å². The zero-order valence-corrected chi connectivity index (χ0v) is 8.66. The van der Waals surface area contributed by atoms with Gasteiger partial charge in [0.2, 0.25) is 0 Å². The van der Waals surface area contributed by atoms with Crippen molar-refractivity contribution < 1.29 is 9.53 Å². The fourth-order valence-corrected chi connectivity index (χ4v) is 2.95. The summed E-state index contributed by atoms with van der Waals surface area (Å²) >= 11 is 7.65. The topological polar surface area (TPSA) is 26.3 Å². The van der Waals surface area contributed by atoms with Crippen molar-refractivity contribution in [1.82, 2.24) is 0 Å². The molecule has 2 atom stereocenters. The molecule has 0 amide bonds. The Balaban J connectivity index is 2.18. The molecule has 0 saturated heterocycles. The Bertz CT molecular complexity index is 163. The number of carbonyl (C=O) groups is 1. The van der Waals surface area contributed by atoms with Gasteiger partial charge in [-0.05, 0) is 12.8 Å². The van der Waals surface area contributed by atoms with Crippen molar-refractivity contribution in [3.63, 3.8) is 0 Å². The summed E-state index contributed by atoms with van der Waals surface area (Å²) in [6.07, 6.45) is 3.41. The van der Waals surface area contributed by atoms with Crippen molar-refractivity contribution >= 4 is 29.3 Å². The van der Waals surface area contributed by atoms with Crippen molar-refractivity contribution in [1.29, 1.82) is 0 Å². The van der Waals surface area contributed by atoms with Crippen LogP contribution in [0.1, 0.15) is 19.3 Å². The van der Waals surface area contributed by atoms with E-state index in [1.165, 1.54) is 13.5 Å². The molecule has 1 rings (SSSR count). The molecule has 1 saturated carbocycles. The zero-order chi connectivity index (χ0) is 8.97. The molecule has 0 radical (unpaired) electrons. The van der Waals surface area contributed by atoms with Gasteiger partial charge in [-0.1, -0.05) is 6.42 Å². The largest absolute Gasteiger partial charge is 0.468 e. The lowest BCUT2D eigenvalue weighted by atomic mass is 10.4. The van der Waals surface area contributed by atoms with Crippen LogP contribution in [0.5, 0.6) is 0 Å². The Labute approximate surface area is 82.0 Å². The molecule has 0 aromatic heterocycles. The summed E-state index contributed by atoms with van der Waals surface area (Å²) in [7, 11) is 1.41. The Hall–Kier alpha value is 0.110. The molecule has 1 fully saturated rings. The van der Waals surface area contributed by atoms with Gasteiger partial charge in [0.1, 0.15) is 0 Å². The molecular weight excluding hydrogens is 196 g/mol. The third-order valence-corrected chi connectivity index (χ3v) is 4.08. The Morgan fingerprint density at radius 1 is 1.67 bits per heavy atom. The average molecular weight is 209 g/mol. The van der Waals surface area contributed by atoms with E-state index in [9.17, 15) is 4.79 Å². The van der Waals surface area contributed by atoms with Crippen LogP contribution in [0, 0.1) is 0 Å². The van der Waals surface area contributed by atoms with Gasteiger partial charge in [0.15, 0.2) is 0 Å². The molecule has 0 heterocycles. The molecule has 0 N–H and O–H groups in total. The quantitative estimate of drug-likeness (QED) is 0.525. The highest BCUT2D eigenvalue weighted by Crippen LogP contribution is 2.33. The minimum absolute atomic E-state index is 0.157. The van der Waals surface area contributed by atoms with Gasteiger partial charge in [-0.15, -0.1) is 23.4 Å². The predicted octanol–water partition coefficient (Wildman–Crippen LogP) is 2.05. The monoisotopic (exact) mass is 208 g/mol. The highest BCUT2D eigenvalue weighted by Gasteiger charge is 2.26. The number of alkyl halides is 1. The predicted molar refractivity (Wildman–Crippen MR) is 51.8 cm³/mol. The first kappa shape index (κ1) is 10.2. The molecule has 0 bridgehead atoms. The second kappa shape index (κ2) is 4.97. The molecule has 70 valence electrons. The number of halogens is 1. The van der Waals surface area contributed by atoms with E-state index in [2.05, 4.69) is 4.74 Å². The minimum Gasteiger partial charge on any atom is -0.468 e. The number of thioether (sulfide) groups is 1. The molecule has 0 aromatic carbocycles. The van der Waals surface area contributed by atoms with Crippen LogP contribution in [0.15, 0.2) is 0 Å². The Morgan fingerprint density at radius 3 is 2.92 bits per heavy atom. The second-order valence-corrected chi connectivity index (χ2v) is 4.66. The van der Waals surface area contributed by atoms with Crippen molar-refractivity contribution in [2.24, 2.45) is 0 Å². The summed E-state index contributed by atoms with van der Waals surface area (Å²) < 4.78 is 4.54. The Morgan fingerprint density at radius 2 is 2.42 bits per heavy atom. The second-order valence-electron chi connectivity index (χ2n) is 2.87. The average Bonchev–Trinajstić information content (AvgIpc) is 2.47. The van der Waals surface area contributed by atoms with E-state index in [-0.39, 0.29) is 11.3 Å². The first-order valence-electron chi connectivity index (χ1n) is 4.06. The third-order valence-electron chi connectivity index (χ3n) is 2.01. The van der Waals surface area contributed by atoms with E-state index in [1.807, 2.05) is 0 Å². The maximum Gasteiger partial charge on any atom is 0.315 e. The summed E-state index contributed by atoms with van der Waals surface area (Å²) in [6, 6.07) is 0. The molecule has 2 unspecified atom stereocenters. The third kappa shape index (κ3) is 2.87. The van der Waals surface area contributed by atoms with E-state index < -0.39 is 0 Å². The van der Waals surface area contributed by atoms with Crippen LogP contribution in [0.4, 0.5) is 0 Å². The summed E-state index contributed by atoms with van der Waals surface area (Å²) in [5, 5.41) is 0.699. The molecule has 12 heavy (non-hydrogen) atoms. The van der Waals surface area contributed by atoms with Crippen LogP contribution in [0.2, 0.25) is 0 Å². The molecule has 0 aliphatic heterocycles. The zero-order valence-electron chi connectivity index (χ0n) is 7.09. The SMILES string of the molecule is COC(=O)CSC1CCCC1Cl. The van der Waals surface area contributed by atoms with Crippen molar-refractivity contribution in [3.05, 3.63) is 0 Å². The van der Waals surface area contributed by atoms with Crippen molar-refractivity contribution in [2.75, 3.05) is 12.9 Å². The summed E-state index contributed by atoms with van der Waals surface area (Å²) in [4.78, 5) is 10.8. The lowest BCUT2D eigenvalue weighted by Crippen LogP contribution is -2.13. The van der Waals surface area contributed by atoms with Gasteiger partial charge < -0.3 is 4.74 Å². The molecule has 2 nitrogen and oxygen atoms in total. The van der Waals surface area contributed by atoms with E-state index in [0.29, 0.717) is 11.0 Å². The lowest BCUT2D eigenvalue weighted by molar-refractivity contribution is -0.137. The number of hydrogen-bond acceptors (Lipinski definition) is 3. The fourth-order valence-electron chi connectivity index (χ4n) is 1.30. The standard InChI is InChI=1S/C8H13ClO2S/c1-11-8(10)5-12-7-4-2-3-6(7)9/h6-7H,2-5H2,1H3. The smallest absolute Gasteiger partial charge is 0.315 e. The first-order valence-corrected chi connectivity index (χ1v) is 5.55. The first-order chi connectivity index (χ1) is 5.74. The number of hydrogen-bond donors (Lipinski definition) is 0. The van der Waals surface area contributed by atoms with Crippen molar-refractivity contribution in [3.8, 4) is 0 Å². The summed E-state index contributed by atoms with van der Waals surface area (Å²) in [6.45, 7) is 0. The van der Waals surface area contributed by atoms with Crippen LogP contribution in [0.25, 0.3) is 0 Å². The molecule has 1 aliphatic rings. The van der Waals surface area contributed by atoms with Gasteiger partial charge in [0.05, 0.1) is 12.9 Å². The van der Waals surface area contributed by atoms with Gasteiger partial charge in [0, 0.05) is 10.6 Å². The fraction of sp³-hybridized carbons (Fsp3) is 0.875. The molecule has 1 aliphatic carbocycles. The van der Waals surface area contributed by atoms with E-state index in [4.69, 9.17) is 11.6 Å². The van der Waals surface area contributed by atoms with Crippen LogP contribution >= 0.6 is 23.4 Å². The van der Waals surface area contributed by atoms with Crippen LogP contribution in [-0.2, 0) is 9.53 Å². The lowest BCUT2D eigenvalue weighted by Gasteiger charge is -2.11.